The molecule has 4 nitrogen and oxygen atoms in total. The third-order valence-electron chi connectivity index (χ3n) is 4.56. The number of amides is 1. The Bertz CT molecular complexity index is 880. The van der Waals surface area contributed by atoms with Crippen LogP contribution in [-0.2, 0) is 13.0 Å². The zero-order chi connectivity index (χ0) is 19.8. The predicted molar refractivity (Wildman–Crippen MR) is 115 cm³/mol. The fraction of sp³-hybridized carbons (Fsp3) is 0.217. The molecule has 0 aliphatic carbocycles. The second kappa shape index (κ2) is 9.90. The van der Waals surface area contributed by atoms with E-state index in [2.05, 4.69) is 34.3 Å². The molecule has 1 heterocycles. The quantitative estimate of drug-likeness (QED) is 0.601. The third kappa shape index (κ3) is 5.57. The summed E-state index contributed by atoms with van der Waals surface area (Å²) < 4.78 is 0. The first-order valence-corrected chi connectivity index (χ1v) is 9.81. The van der Waals surface area contributed by atoms with Crippen molar-refractivity contribution < 1.29 is 4.79 Å². The topological polar surface area (TPSA) is 45.2 Å². The first-order valence-electron chi connectivity index (χ1n) is 9.43. The molecule has 2 aromatic carbocycles. The van der Waals surface area contributed by atoms with Gasteiger partial charge >= 0.3 is 0 Å². The zero-order valence-corrected chi connectivity index (χ0v) is 16.7. The van der Waals surface area contributed by atoms with E-state index >= 15 is 0 Å². The van der Waals surface area contributed by atoms with Crippen LogP contribution in [0.25, 0.3) is 0 Å². The predicted octanol–water partition coefficient (Wildman–Crippen LogP) is 4.73. The van der Waals surface area contributed by atoms with Gasteiger partial charge in [0.2, 0.25) is 0 Å². The summed E-state index contributed by atoms with van der Waals surface area (Å²) in [5.74, 6) is -0.161. The molecular weight excluding hydrogens is 370 g/mol. The van der Waals surface area contributed by atoms with Gasteiger partial charge in [0.15, 0.2) is 0 Å². The number of carbonyl (C=O) groups excluding carboxylic acids is 1. The number of pyridine rings is 1. The van der Waals surface area contributed by atoms with Crippen molar-refractivity contribution in [2.24, 2.45) is 0 Å². The highest BCUT2D eigenvalue weighted by Crippen LogP contribution is 2.16. The summed E-state index contributed by atoms with van der Waals surface area (Å²) in [4.78, 5) is 18.9. The summed E-state index contributed by atoms with van der Waals surface area (Å²) in [7, 11) is 0. The number of benzene rings is 2. The molecule has 3 aromatic rings. The van der Waals surface area contributed by atoms with Crippen molar-refractivity contribution >= 4 is 23.2 Å². The SMILES string of the molecule is CCN(Cc1ccccc1)c1ccc(C(=O)NCCc2ccc(Cl)cc2)nc1. The maximum atomic E-state index is 12.3. The summed E-state index contributed by atoms with van der Waals surface area (Å²) >= 11 is 5.89. The van der Waals surface area contributed by atoms with Crippen LogP contribution >= 0.6 is 11.6 Å². The number of hydrogen-bond donors (Lipinski definition) is 1. The number of nitrogens with one attached hydrogen (secondary N) is 1. The number of hydrogen-bond acceptors (Lipinski definition) is 3. The van der Waals surface area contributed by atoms with Crippen molar-refractivity contribution in [2.75, 3.05) is 18.0 Å². The lowest BCUT2D eigenvalue weighted by Crippen LogP contribution is -2.27. The van der Waals surface area contributed by atoms with Crippen molar-refractivity contribution in [1.29, 1.82) is 0 Å². The van der Waals surface area contributed by atoms with E-state index in [0.717, 1.165) is 30.8 Å². The van der Waals surface area contributed by atoms with Crippen LogP contribution in [0.5, 0.6) is 0 Å². The Labute approximate surface area is 171 Å². The molecule has 3 rings (SSSR count). The first-order chi connectivity index (χ1) is 13.7. The van der Waals surface area contributed by atoms with Gasteiger partial charge in [0.05, 0.1) is 11.9 Å². The molecule has 0 aliphatic heterocycles. The number of halogens is 1. The average molecular weight is 394 g/mol. The molecule has 0 bridgehead atoms. The van der Waals surface area contributed by atoms with Gasteiger partial charge in [-0.05, 0) is 48.7 Å². The van der Waals surface area contributed by atoms with Gasteiger partial charge in [0.25, 0.3) is 5.91 Å². The van der Waals surface area contributed by atoms with Crippen LogP contribution in [-0.4, -0.2) is 24.0 Å². The van der Waals surface area contributed by atoms with Gasteiger partial charge in [-0.3, -0.25) is 4.79 Å². The summed E-state index contributed by atoms with van der Waals surface area (Å²) in [5.41, 5.74) is 3.81. The maximum Gasteiger partial charge on any atom is 0.269 e. The Kier molecular flexibility index (Phi) is 7.04. The standard InChI is InChI=1S/C23H24ClN3O/c1-2-27(17-19-6-4-3-5-7-19)21-12-13-22(26-16-21)23(28)25-15-14-18-8-10-20(24)11-9-18/h3-13,16H,2,14-15,17H2,1H3,(H,25,28). The van der Waals surface area contributed by atoms with E-state index in [0.29, 0.717) is 17.3 Å². The lowest BCUT2D eigenvalue weighted by molar-refractivity contribution is 0.0949. The molecule has 28 heavy (non-hydrogen) atoms. The Morgan fingerprint density at radius 3 is 2.39 bits per heavy atom. The van der Waals surface area contributed by atoms with Crippen molar-refractivity contribution in [3.05, 3.63) is 94.8 Å². The number of anilines is 1. The van der Waals surface area contributed by atoms with Gasteiger partial charge in [-0.1, -0.05) is 54.1 Å². The Morgan fingerprint density at radius 1 is 1.00 bits per heavy atom. The smallest absolute Gasteiger partial charge is 0.269 e. The highest BCUT2D eigenvalue weighted by atomic mass is 35.5. The lowest BCUT2D eigenvalue weighted by Gasteiger charge is -2.23. The molecule has 0 unspecified atom stereocenters. The monoisotopic (exact) mass is 393 g/mol. The number of nitrogens with zero attached hydrogens (tertiary/aromatic N) is 2. The molecule has 0 fully saturated rings. The minimum Gasteiger partial charge on any atom is -0.366 e. The normalized spacial score (nSPS) is 10.5. The Morgan fingerprint density at radius 2 is 1.75 bits per heavy atom. The second-order valence-corrected chi connectivity index (χ2v) is 6.97. The number of rotatable bonds is 8. The maximum absolute atomic E-state index is 12.3. The molecule has 144 valence electrons. The van der Waals surface area contributed by atoms with Gasteiger partial charge in [0.1, 0.15) is 5.69 Å². The average Bonchev–Trinajstić information content (AvgIpc) is 2.74. The minimum atomic E-state index is -0.161. The summed E-state index contributed by atoms with van der Waals surface area (Å²) in [6.45, 7) is 4.34. The third-order valence-corrected chi connectivity index (χ3v) is 4.81. The van der Waals surface area contributed by atoms with Gasteiger partial charge in [-0.25, -0.2) is 4.98 Å². The Hall–Kier alpha value is -2.85. The summed E-state index contributed by atoms with van der Waals surface area (Å²) in [6.07, 6.45) is 2.52. The largest absolute Gasteiger partial charge is 0.366 e. The molecule has 1 N–H and O–H groups in total. The molecule has 0 spiro atoms. The highest BCUT2D eigenvalue weighted by molar-refractivity contribution is 6.30. The first kappa shape index (κ1) is 19.9. The summed E-state index contributed by atoms with van der Waals surface area (Å²) in [5, 5.41) is 3.63. The van der Waals surface area contributed by atoms with Gasteiger partial charge < -0.3 is 10.2 Å². The van der Waals surface area contributed by atoms with Crippen LogP contribution < -0.4 is 10.2 Å². The molecule has 1 aromatic heterocycles. The number of carbonyl (C=O) groups is 1. The molecule has 0 atom stereocenters. The molecule has 0 aliphatic rings. The van der Waals surface area contributed by atoms with Crippen molar-refractivity contribution in [2.45, 2.75) is 19.9 Å². The van der Waals surface area contributed by atoms with E-state index in [1.165, 1.54) is 5.56 Å². The van der Waals surface area contributed by atoms with E-state index in [-0.39, 0.29) is 5.91 Å². The molecule has 0 radical (unpaired) electrons. The van der Waals surface area contributed by atoms with Crippen LogP contribution in [0.3, 0.4) is 0 Å². The molecule has 0 saturated heterocycles. The van der Waals surface area contributed by atoms with E-state index in [9.17, 15) is 4.79 Å². The van der Waals surface area contributed by atoms with E-state index in [1.807, 2.05) is 48.5 Å². The summed E-state index contributed by atoms with van der Waals surface area (Å²) in [6, 6.07) is 21.7. The van der Waals surface area contributed by atoms with Crippen molar-refractivity contribution in [1.82, 2.24) is 10.3 Å². The van der Waals surface area contributed by atoms with Crippen LogP contribution in [0.4, 0.5) is 5.69 Å². The van der Waals surface area contributed by atoms with Crippen LogP contribution in [0.1, 0.15) is 28.5 Å². The molecule has 1 amide bonds. The van der Waals surface area contributed by atoms with E-state index < -0.39 is 0 Å². The fourth-order valence-corrected chi connectivity index (χ4v) is 3.08. The van der Waals surface area contributed by atoms with Crippen LogP contribution in [0.2, 0.25) is 5.02 Å². The fourth-order valence-electron chi connectivity index (χ4n) is 2.96. The molecule has 5 heteroatoms. The van der Waals surface area contributed by atoms with Crippen LogP contribution in [0, 0.1) is 0 Å². The zero-order valence-electron chi connectivity index (χ0n) is 15.9. The van der Waals surface area contributed by atoms with Crippen LogP contribution in [0.15, 0.2) is 72.9 Å². The minimum absolute atomic E-state index is 0.161. The van der Waals surface area contributed by atoms with Gasteiger partial charge in [0, 0.05) is 24.7 Å². The Balaban J connectivity index is 1.55. The number of aromatic nitrogens is 1. The van der Waals surface area contributed by atoms with Gasteiger partial charge in [-0.2, -0.15) is 0 Å². The second-order valence-electron chi connectivity index (χ2n) is 6.53. The van der Waals surface area contributed by atoms with E-state index in [4.69, 9.17) is 11.6 Å². The molecule has 0 saturated carbocycles. The highest BCUT2D eigenvalue weighted by Gasteiger charge is 2.10. The van der Waals surface area contributed by atoms with Crippen molar-refractivity contribution in [3.63, 3.8) is 0 Å². The van der Waals surface area contributed by atoms with Crippen molar-refractivity contribution in [3.8, 4) is 0 Å². The van der Waals surface area contributed by atoms with E-state index in [1.54, 1.807) is 12.3 Å². The van der Waals surface area contributed by atoms with Gasteiger partial charge in [-0.15, -0.1) is 0 Å². The lowest BCUT2D eigenvalue weighted by atomic mass is 10.1. The molecular formula is C23H24ClN3O.